The van der Waals surface area contributed by atoms with Crippen molar-refractivity contribution in [2.75, 3.05) is 0 Å². The molecular formula is C13H12N2O. The Kier molecular flexibility index (Phi) is 3.66. The monoisotopic (exact) mass is 212 g/mol. The van der Waals surface area contributed by atoms with Gasteiger partial charge in [0.05, 0.1) is 6.21 Å². The van der Waals surface area contributed by atoms with Gasteiger partial charge in [-0.15, -0.1) is 0 Å². The maximum absolute atomic E-state index is 5.17. The minimum absolute atomic E-state index is 0.484. The lowest BCUT2D eigenvalue weighted by molar-refractivity contribution is 0.132. The van der Waals surface area contributed by atoms with Gasteiger partial charge >= 0.3 is 0 Å². The van der Waals surface area contributed by atoms with E-state index in [4.69, 9.17) is 4.84 Å². The predicted molar refractivity (Wildman–Crippen MR) is 63.1 cm³/mol. The van der Waals surface area contributed by atoms with Crippen molar-refractivity contribution in [1.29, 1.82) is 0 Å². The number of hydrogen-bond acceptors (Lipinski definition) is 3. The topological polar surface area (TPSA) is 34.5 Å². The highest BCUT2D eigenvalue weighted by Gasteiger charge is 1.89. The van der Waals surface area contributed by atoms with Crippen molar-refractivity contribution in [2.45, 2.75) is 6.61 Å². The Morgan fingerprint density at radius 1 is 1.12 bits per heavy atom. The van der Waals surface area contributed by atoms with E-state index in [9.17, 15) is 0 Å². The largest absolute Gasteiger partial charge is 0.391 e. The highest BCUT2D eigenvalue weighted by molar-refractivity contribution is 5.78. The van der Waals surface area contributed by atoms with Crippen LogP contribution >= 0.6 is 0 Å². The van der Waals surface area contributed by atoms with E-state index in [1.807, 2.05) is 42.5 Å². The van der Waals surface area contributed by atoms with Crippen molar-refractivity contribution in [1.82, 2.24) is 4.98 Å². The SMILES string of the molecule is C(=N/OCc1ccccc1)/c1cccnc1. The van der Waals surface area contributed by atoms with Gasteiger partial charge in [-0.1, -0.05) is 41.6 Å². The van der Waals surface area contributed by atoms with E-state index in [1.165, 1.54) is 0 Å². The number of aromatic nitrogens is 1. The summed E-state index contributed by atoms with van der Waals surface area (Å²) in [6.45, 7) is 0.484. The molecule has 0 bridgehead atoms. The maximum Gasteiger partial charge on any atom is 0.142 e. The van der Waals surface area contributed by atoms with Gasteiger partial charge in [0.2, 0.25) is 0 Å². The second kappa shape index (κ2) is 5.66. The average molecular weight is 212 g/mol. The molecule has 0 saturated heterocycles. The van der Waals surface area contributed by atoms with Crippen LogP contribution in [-0.4, -0.2) is 11.2 Å². The summed E-state index contributed by atoms with van der Waals surface area (Å²) in [5.74, 6) is 0. The van der Waals surface area contributed by atoms with E-state index in [-0.39, 0.29) is 0 Å². The molecule has 0 spiro atoms. The normalized spacial score (nSPS) is 10.5. The van der Waals surface area contributed by atoms with Crippen LogP contribution in [0.25, 0.3) is 0 Å². The molecule has 1 aromatic heterocycles. The lowest BCUT2D eigenvalue weighted by atomic mass is 10.2. The van der Waals surface area contributed by atoms with E-state index in [0.717, 1.165) is 11.1 Å². The Hall–Kier alpha value is -2.16. The highest BCUT2D eigenvalue weighted by atomic mass is 16.6. The van der Waals surface area contributed by atoms with Crippen LogP contribution in [0.1, 0.15) is 11.1 Å². The molecule has 0 aliphatic rings. The van der Waals surface area contributed by atoms with Gasteiger partial charge in [-0.25, -0.2) is 0 Å². The first kappa shape index (κ1) is 10.4. The van der Waals surface area contributed by atoms with Crippen LogP contribution in [-0.2, 0) is 11.4 Å². The molecule has 1 aromatic carbocycles. The second-order valence-electron chi connectivity index (χ2n) is 3.28. The summed E-state index contributed by atoms with van der Waals surface area (Å²) >= 11 is 0. The molecule has 16 heavy (non-hydrogen) atoms. The number of hydrogen-bond donors (Lipinski definition) is 0. The standard InChI is InChI=1S/C13H12N2O/c1-2-5-12(6-3-1)11-16-15-10-13-7-4-8-14-9-13/h1-10H,11H2/b15-10-. The van der Waals surface area contributed by atoms with Crippen LogP contribution < -0.4 is 0 Å². The van der Waals surface area contributed by atoms with E-state index >= 15 is 0 Å². The van der Waals surface area contributed by atoms with Crippen molar-refractivity contribution in [2.24, 2.45) is 5.16 Å². The summed E-state index contributed by atoms with van der Waals surface area (Å²) in [7, 11) is 0. The first-order chi connectivity index (χ1) is 7.95. The third kappa shape index (κ3) is 3.20. The van der Waals surface area contributed by atoms with Crippen molar-refractivity contribution in [3.8, 4) is 0 Å². The van der Waals surface area contributed by atoms with Gasteiger partial charge in [0, 0.05) is 18.0 Å². The number of pyridine rings is 1. The minimum atomic E-state index is 0.484. The highest BCUT2D eigenvalue weighted by Crippen LogP contribution is 2.00. The fraction of sp³-hybridized carbons (Fsp3) is 0.0769. The molecule has 0 amide bonds. The quantitative estimate of drug-likeness (QED) is 0.576. The summed E-state index contributed by atoms with van der Waals surface area (Å²) in [4.78, 5) is 9.14. The van der Waals surface area contributed by atoms with Crippen molar-refractivity contribution < 1.29 is 4.84 Å². The van der Waals surface area contributed by atoms with Crippen molar-refractivity contribution in [3.63, 3.8) is 0 Å². The van der Waals surface area contributed by atoms with Gasteiger partial charge in [-0.2, -0.15) is 0 Å². The van der Waals surface area contributed by atoms with Crippen molar-refractivity contribution >= 4 is 6.21 Å². The lowest BCUT2D eigenvalue weighted by Gasteiger charge is -1.98. The van der Waals surface area contributed by atoms with E-state index in [1.54, 1.807) is 18.6 Å². The molecule has 0 unspecified atom stereocenters. The van der Waals surface area contributed by atoms with Crippen LogP contribution in [0.2, 0.25) is 0 Å². The van der Waals surface area contributed by atoms with Crippen LogP contribution in [0.3, 0.4) is 0 Å². The zero-order valence-corrected chi connectivity index (χ0v) is 8.78. The Morgan fingerprint density at radius 3 is 2.75 bits per heavy atom. The van der Waals surface area contributed by atoms with Crippen LogP contribution in [0.4, 0.5) is 0 Å². The molecule has 80 valence electrons. The molecule has 1 heterocycles. The van der Waals surface area contributed by atoms with Crippen LogP contribution in [0.5, 0.6) is 0 Å². The fourth-order valence-corrected chi connectivity index (χ4v) is 1.24. The van der Waals surface area contributed by atoms with Gasteiger partial charge in [0.15, 0.2) is 0 Å². The molecule has 0 saturated carbocycles. The molecule has 0 fully saturated rings. The second-order valence-corrected chi connectivity index (χ2v) is 3.28. The third-order valence-corrected chi connectivity index (χ3v) is 2.03. The number of nitrogens with zero attached hydrogens (tertiary/aromatic N) is 2. The molecule has 3 heteroatoms. The van der Waals surface area contributed by atoms with E-state index in [0.29, 0.717) is 6.61 Å². The van der Waals surface area contributed by atoms with Gasteiger partial charge < -0.3 is 4.84 Å². The molecule has 2 aromatic rings. The third-order valence-electron chi connectivity index (χ3n) is 2.03. The molecule has 0 aliphatic carbocycles. The summed E-state index contributed by atoms with van der Waals surface area (Å²) in [6.07, 6.45) is 5.10. The maximum atomic E-state index is 5.17. The summed E-state index contributed by atoms with van der Waals surface area (Å²) in [5.41, 5.74) is 2.03. The Balaban J connectivity index is 1.83. The molecule has 0 aliphatic heterocycles. The van der Waals surface area contributed by atoms with E-state index in [2.05, 4.69) is 10.1 Å². The smallest absolute Gasteiger partial charge is 0.142 e. The van der Waals surface area contributed by atoms with Gasteiger partial charge in [-0.05, 0) is 11.6 Å². The Morgan fingerprint density at radius 2 is 2.00 bits per heavy atom. The zero-order valence-electron chi connectivity index (χ0n) is 8.78. The molecule has 2 rings (SSSR count). The molecule has 0 atom stereocenters. The van der Waals surface area contributed by atoms with Gasteiger partial charge in [0.25, 0.3) is 0 Å². The zero-order chi connectivity index (χ0) is 11.1. The van der Waals surface area contributed by atoms with Crippen LogP contribution in [0, 0.1) is 0 Å². The fourth-order valence-electron chi connectivity index (χ4n) is 1.24. The first-order valence-corrected chi connectivity index (χ1v) is 5.04. The minimum Gasteiger partial charge on any atom is -0.391 e. The lowest BCUT2D eigenvalue weighted by Crippen LogP contribution is -1.87. The molecule has 0 radical (unpaired) electrons. The van der Waals surface area contributed by atoms with Crippen molar-refractivity contribution in [3.05, 3.63) is 66.0 Å². The summed E-state index contributed by atoms with van der Waals surface area (Å²) < 4.78 is 0. The van der Waals surface area contributed by atoms with Gasteiger partial charge in [-0.3, -0.25) is 4.98 Å². The number of benzene rings is 1. The first-order valence-electron chi connectivity index (χ1n) is 5.04. The molecule has 3 nitrogen and oxygen atoms in total. The Labute approximate surface area is 94.4 Å². The predicted octanol–water partition coefficient (Wildman–Crippen LogP) is 2.63. The van der Waals surface area contributed by atoms with Crippen LogP contribution in [0.15, 0.2) is 60.0 Å². The molecular weight excluding hydrogens is 200 g/mol. The number of rotatable bonds is 4. The number of oxime groups is 1. The van der Waals surface area contributed by atoms with Gasteiger partial charge in [0.1, 0.15) is 6.61 Å². The Bertz CT molecular complexity index is 440. The average Bonchev–Trinajstić information content (AvgIpc) is 2.37. The summed E-state index contributed by atoms with van der Waals surface area (Å²) in [6, 6.07) is 13.7. The summed E-state index contributed by atoms with van der Waals surface area (Å²) in [5, 5.41) is 3.87. The van der Waals surface area contributed by atoms with E-state index < -0.39 is 0 Å². The molecule has 0 N–H and O–H groups in total.